The summed E-state index contributed by atoms with van der Waals surface area (Å²) < 4.78 is 5.03. The van der Waals surface area contributed by atoms with Crippen LogP contribution in [0.3, 0.4) is 0 Å². The maximum absolute atomic E-state index is 11.6. The second-order valence-electron chi connectivity index (χ2n) is 3.34. The Labute approximate surface area is 105 Å². The third-order valence-corrected chi connectivity index (χ3v) is 1.99. The van der Waals surface area contributed by atoms with Crippen molar-refractivity contribution in [3.05, 3.63) is 59.4 Å². The molecule has 0 atom stereocenters. The number of benzene rings is 1. The van der Waals surface area contributed by atoms with E-state index in [0.717, 1.165) is 0 Å². The Balaban J connectivity index is 2.73. The number of nitriles is 2. The summed E-state index contributed by atoms with van der Waals surface area (Å²) in [4.78, 5) is 11.6. The van der Waals surface area contributed by atoms with Gasteiger partial charge in [-0.2, -0.15) is 10.5 Å². The number of rotatable bonds is 3. The summed E-state index contributed by atoms with van der Waals surface area (Å²) in [6.07, 6.45) is 2.70. The number of allylic oxidation sites excluding steroid dienone is 4. The van der Waals surface area contributed by atoms with Crippen LogP contribution in [0.4, 0.5) is 0 Å². The van der Waals surface area contributed by atoms with Crippen molar-refractivity contribution in [1.29, 1.82) is 10.5 Å². The second kappa shape index (κ2) is 6.67. The summed E-state index contributed by atoms with van der Waals surface area (Å²) in [5, 5.41) is 17.0. The molecule has 0 aliphatic rings. The van der Waals surface area contributed by atoms with Crippen LogP contribution in [0.15, 0.2) is 53.8 Å². The first-order chi connectivity index (χ1) is 8.67. The Hall–Kier alpha value is -2.85. The number of ether oxygens (including phenoxy) is 1. The van der Waals surface area contributed by atoms with E-state index in [0.29, 0.717) is 11.3 Å². The fraction of sp³-hybridized carbons (Fsp3) is 0.0714. The van der Waals surface area contributed by atoms with Gasteiger partial charge in [0.15, 0.2) is 0 Å². The van der Waals surface area contributed by atoms with E-state index in [1.165, 1.54) is 12.2 Å². The number of carbonyl (C=O) groups is 1. The van der Waals surface area contributed by atoms with E-state index in [9.17, 15) is 4.79 Å². The molecule has 0 bridgehead atoms. The lowest BCUT2D eigenvalue weighted by molar-refractivity contribution is 0.0626. The largest absolute Gasteiger partial charge is 0.428 e. The van der Waals surface area contributed by atoms with E-state index < -0.39 is 5.97 Å². The lowest BCUT2D eigenvalue weighted by Gasteiger charge is -2.02. The number of nitrogens with zero attached hydrogens (tertiary/aromatic N) is 2. The normalized spacial score (nSPS) is 9.83. The van der Waals surface area contributed by atoms with Gasteiger partial charge in [-0.15, -0.1) is 0 Å². The number of carbonyl (C=O) groups excluding carboxylic acids is 1. The van der Waals surface area contributed by atoms with Crippen LogP contribution in [0.5, 0.6) is 0 Å². The average Bonchev–Trinajstić information content (AvgIpc) is 2.41. The monoisotopic (exact) mass is 238 g/mol. The van der Waals surface area contributed by atoms with Crippen LogP contribution >= 0.6 is 0 Å². The highest BCUT2D eigenvalue weighted by atomic mass is 16.5. The van der Waals surface area contributed by atoms with Gasteiger partial charge in [-0.1, -0.05) is 18.2 Å². The molecule has 0 fully saturated rings. The van der Waals surface area contributed by atoms with Crippen molar-refractivity contribution < 1.29 is 9.53 Å². The minimum absolute atomic E-state index is 0.0508. The summed E-state index contributed by atoms with van der Waals surface area (Å²) >= 11 is 0. The van der Waals surface area contributed by atoms with Crippen molar-refractivity contribution in [3.63, 3.8) is 0 Å². The number of esters is 1. The molecule has 0 saturated heterocycles. The quantitative estimate of drug-likeness (QED) is 0.351. The van der Waals surface area contributed by atoms with E-state index in [2.05, 4.69) is 0 Å². The van der Waals surface area contributed by atoms with E-state index >= 15 is 0 Å². The highest BCUT2D eigenvalue weighted by Gasteiger charge is 2.06. The summed E-state index contributed by atoms with van der Waals surface area (Å²) in [6.45, 7) is 1.57. The molecule has 4 heteroatoms. The molecule has 0 N–H and O–H groups in total. The molecule has 0 aromatic heterocycles. The molecule has 18 heavy (non-hydrogen) atoms. The molecule has 0 unspecified atom stereocenters. The van der Waals surface area contributed by atoms with Crippen molar-refractivity contribution >= 4 is 5.97 Å². The van der Waals surface area contributed by atoms with Crippen LogP contribution in [0.1, 0.15) is 17.3 Å². The zero-order valence-corrected chi connectivity index (χ0v) is 9.75. The maximum atomic E-state index is 11.6. The molecule has 0 heterocycles. The molecule has 0 aliphatic carbocycles. The van der Waals surface area contributed by atoms with Gasteiger partial charge in [-0.05, 0) is 31.2 Å². The Kier molecular flexibility index (Phi) is 4.90. The molecule has 0 spiro atoms. The fourth-order valence-corrected chi connectivity index (χ4v) is 1.11. The minimum Gasteiger partial charge on any atom is -0.428 e. The lowest BCUT2D eigenvalue weighted by Crippen LogP contribution is -2.02. The molecular formula is C14H10N2O2. The summed E-state index contributed by atoms with van der Waals surface area (Å²) in [5.41, 5.74) is 0.389. The first kappa shape index (κ1) is 13.2. The molecule has 0 aliphatic heterocycles. The third kappa shape index (κ3) is 3.96. The SMILES string of the molecule is CC(=CC=C(C#N)C#N)OC(=O)c1ccccc1. The standard InChI is InChI=1S/C14H10N2O2/c1-11(7-8-12(9-15)10-16)18-14(17)13-5-3-2-4-6-13/h2-8H,1H3. The van der Waals surface area contributed by atoms with Crippen LogP contribution in [0.25, 0.3) is 0 Å². The zero-order chi connectivity index (χ0) is 13.4. The summed E-state index contributed by atoms with van der Waals surface area (Å²) in [5.74, 6) is -0.167. The van der Waals surface area contributed by atoms with E-state index in [4.69, 9.17) is 15.3 Å². The van der Waals surface area contributed by atoms with Gasteiger partial charge in [-0.3, -0.25) is 0 Å². The molecule has 1 rings (SSSR count). The van der Waals surface area contributed by atoms with Crippen LogP contribution in [-0.2, 0) is 4.74 Å². The maximum Gasteiger partial charge on any atom is 0.343 e. The Morgan fingerprint density at radius 2 is 1.78 bits per heavy atom. The molecule has 1 aromatic carbocycles. The highest BCUT2D eigenvalue weighted by molar-refractivity contribution is 5.89. The van der Waals surface area contributed by atoms with Crippen molar-refractivity contribution in [2.45, 2.75) is 6.92 Å². The van der Waals surface area contributed by atoms with Gasteiger partial charge in [-0.25, -0.2) is 4.79 Å². The van der Waals surface area contributed by atoms with E-state index in [1.54, 1.807) is 49.4 Å². The van der Waals surface area contributed by atoms with Crippen molar-refractivity contribution in [3.8, 4) is 12.1 Å². The Bertz CT molecular complexity index is 556. The minimum atomic E-state index is -0.479. The van der Waals surface area contributed by atoms with Crippen LogP contribution < -0.4 is 0 Å². The average molecular weight is 238 g/mol. The molecule has 0 amide bonds. The molecule has 88 valence electrons. The fourth-order valence-electron chi connectivity index (χ4n) is 1.11. The van der Waals surface area contributed by atoms with E-state index in [1.807, 2.05) is 0 Å². The van der Waals surface area contributed by atoms with Gasteiger partial charge >= 0.3 is 5.97 Å². The van der Waals surface area contributed by atoms with Crippen molar-refractivity contribution in [1.82, 2.24) is 0 Å². The van der Waals surface area contributed by atoms with Gasteiger partial charge in [0.25, 0.3) is 0 Å². The van der Waals surface area contributed by atoms with Crippen molar-refractivity contribution in [2.24, 2.45) is 0 Å². The number of hydrogen-bond acceptors (Lipinski definition) is 4. The van der Waals surface area contributed by atoms with Gasteiger partial charge in [0, 0.05) is 0 Å². The van der Waals surface area contributed by atoms with Crippen LogP contribution in [-0.4, -0.2) is 5.97 Å². The second-order valence-corrected chi connectivity index (χ2v) is 3.34. The molecule has 1 aromatic rings. The lowest BCUT2D eigenvalue weighted by atomic mass is 10.2. The molecule has 0 radical (unpaired) electrons. The topological polar surface area (TPSA) is 73.9 Å². The molecule has 4 nitrogen and oxygen atoms in total. The zero-order valence-electron chi connectivity index (χ0n) is 9.75. The van der Waals surface area contributed by atoms with Gasteiger partial charge in [0.05, 0.1) is 5.56 Å². The van der Waals surface area contributed by atoms with Crippen LogP contribution in [0.2, 0.25) is 0 Å². The highest BCUT2D eigenvalue weighted by Crippen LogP contribution is 2.06. The molecular weight excluding hydrogens is 228 g/mol. The van der Waals surface area contributed by atoms with Crippen molar-refractivity contribution in [2.75, 3.05) is 0 Å². The summed E-state index contributed by atoms with van der Waals surface area (Å²) in [6, 6.07) is 12.0. The smallest absolute Gasteiger partial charge is 0.343 e. The van der Waals surface area contributed by atoms with Gasteiger partial charge in [0.2, 0.25) is 0 Å². The van der Waals surface area contributed by atoms with Gasteiger partial charge < -0.3 is 4.74 Å². The predicted molar refractivity (Wildman–Crippen MR) is 64.9 cm³/mol. The Morgan fingerprint density at radius 1 is 1.17 bits per heavy atom. The number of hydrogen-bond donors (Lipinski definition) is 0. The molecule has 0 saturated carbocycles. The van der Waals surface area contributed by atoms with Gasteiger partial charge in [0.1, 0.15) is 23.5 Å². The predicted octanol–water partition coefficient (Wildman–Crippen LogP) is 2.72. The first-order valence-corrected chi connectivity index (χ1v) is 5.13. The third-order valence-electron chi connectivity index (χ3n) is 1.99. The first-order valence-electron chi connectivity index (χ1n) is 5.13. The van der Waals surface area contributed by atoms with E-state index in [-0.39, 0.29) is 5.57 Å². The summed E-state index contributed by atoms with van der Waals surface area (Å²) in [7, 11) is 0. The van der Waals surface area contributed by atoms with Crippen LogP contribution in [0, 0.1) is 22.7 Å². The Morgan fingerprint density at radius 3 is 2.33 bits per heavy atom.